The van der Waals surface area contributed by atoms with Crippen LogP contribution >= 0.6 is 0 Å². The van der Waals surface area contributed by atoms with E-state index in [0.717, 1.165) is 44.9 Å². The van der Waals surface area contributed by atoms with Crippen molar-refractivity contribution < 1.29 is 51.8 Å². The van der Waals surface area contributed by atoms with Gasteiger partial charge in [0.2, 0.25) is 5.91 Å². The van der Waals surface area contributed by atoms with Crippen molar-refractivity contribution >= 4 is 16.3 Å². The Morgan fingerprint density at radius 3 is 1.19 bits per heavy atom. The minimum Gasteiger partial charge on any atom is -0.394 e. The van der Waals surface area contributed by atoms with Gasteiger partial charge in [-0.3, -0.25) is 9.35 Å². The largest absolute Gasteiger partial charge is 0.397 e. The van der Waals surface area contributed by atoms with Crippen molar-refractivity contribution in [2.24, 2.45) is 0 Å². The highest BCUT2D eigenvalue weighted by Crippen LogP contribution is 2.26. The third-order valence-electron chi connectivity index (χ3n) is 16.2. The molecule has 1 amide bonds. The molecule has 80 heavy (non-hydrogen) atoms. The van der Waals surface area contributed by atoms with E-state index in [2.05, 4.69) is 47.7 Å². The van der Waals surface area contributed by atoms with Crippen molar-refractivity contribution in [3.8, 4) is 0 Å². The average molecular weight is 1150 g/mol. The van der Waals surface area contributed by atoms with Crippen LogP contribution < -0.4 is 5.32 Å². The lowest BCUT2D eigenvalue weighted by Gasteiger charge is -2.41. The lowest BCUT2D eigenvalue weighted by Crippen LogP contribution is -2.61. The van der Waals surface area contributed by atoms with Crippen molar-refractivity contribution in [2.45, 2.75) is 371 Å². The highest BCUT2D eigenvalue weighted by atomic mass is 32.3. The van der Waals surface area contributed by atoms with Crippen molar-refractivity contribution in [3.05, 3.63) is 36.5 Å². The third kappa shape index (κ3) is 47.7. The number of aliphatic hydroxyl groups is 4. The Labute approximate surface area is 492 Å². The maximum atomic E-state index is 13.2. The van der Waals surface area contributed by atoms with E-state index in [9.17, 15) is 38.2 Å². The molecule has 0 spiro atoms. The molecule has 0 bridgehead atoms. The monoisotopic (exact) mass is 1150 g/mol. The molecule has 1 heterocycles. The van der Waals surface area contributed by atoms with E-state index < -0.39 is 59.9 Å². The van der Waals surface area contributed by atoms with E-state index in [1.54, 1.807) is 6.08 Å². The predicted octanol–water partition coefficient (Wildman–Crippen LogP) is 17.3. The first kappa shape index (κ1) is 76.3. The zero-order valence-corrected chi connectivity index (χ0v) is 52.5. The van der Waals surface area contributed by atoms with Gasteiger partial charge in [0.1, 0.15) is 24.4 Å². The summed E-state index contributed by atoms with van der Waals surface area (Å²) in [6.45, 7) is 3.45. The van der Waals surface area contributed by atoms with E-state index in [-0.39, 0.29) is 18.9 Å². The summed E-state index contributed by atoms with van der Waals surface area (Å²) in [6, 6.07) is -0.946. The van der Waals surface area contributed by atoms with E-state index in [1.807, 2.05) is 6.08 Å². The number of ether oxygens (including phenoxy) is 2. The topological polar surface area (TPSA) is 192 Å². The first-order valence-electron chi connectivity index (χ1n) is 33.9. The number of rotatable bonds is 60. The Balaban J connectivity index is 2.28. The van der Waals surface area contributed by atoms with Gasteiger partial charge in [0, 0.05) is 6.42 Å². The molecule has 1 saturated heterocycles. The Morgan fingerprint density at radius 2 is 0.838 bits per heavy atom. The number of aliphatic hydroxyl groups excluding tert-OH is 4. The Bertz CT molecular complexity index is 1540. The normalized spacial score (nSPS) is 18.8. The fourth-order valence-electron chi connectivity index (χ4n) is 11.0. The van der Waals surface area contributed by atoms with E-state index in [4.69, 9.17) is 9.47 Å². The summed E-state index contributed by atoms with van der Waals surface area (Å²) in [5, 5.41) is 45.1. The molecule has 1 aliphatic heterocycles. The number of hydrogen-bond donors (Lipinski definition) is 6. The number of carbonyl (C=O) groups excluding carboxylic acids is 1. The summed E-state index contributed by atoms with van der Waals surface area (Å²) in [6.07, 6.45) is 64.9. The van der Waals surface area contributed by atoms with Gasteiger partial charge in [-0.25, -0.2) is 4.18 Å². The molecule has 0 saturated carbocycles. The number of allylic oxidation sites excluding steroid dienone is 5. The summed E-state index contributed by atoms with van der Waals surface area (Å²) in [7, 11) is -5.09. The predicted molar refractivity (Wildman–Crippen MR) is 333 cm³/mol. The van der Waals surface area contributed by atoms with Crippen LogP contribution in [0, 0.1) is 0 Å². The molecule has 13 heteroatoms. The van der Waals surface area contributed by atoms with Crippen LogP contribution in [0.2, 0.25) is 0 Å². The molecule has 0 aromatic heterocycles. The van der Waals surface area contributed by atoms with Crippen LogP contribution in [0.25, 0.3) is 0 Å². The fraction of sp³-hybridized carbons (Fsp3) is 0.896. The highest BCUT2D eigenvalue weighted by molar-refractivity contribution is 7.80. The van der Waals surface area contributed by atoms with Gasteiger partial charge in [-0.2, -0.15) is 8.42 Å². The van der Waals surface area contributed by atoms with Crippen LogP contribution in [0.1, 0.15) is 328 Å². The third-order valence-corrected chi connectivity index (χ3v) is 16.6. The van der Waals surface area contributed by atoms with E-state index >= 15 is 0 Å². The van der Waals surface area contributed by atoms with Gasteiger partial charge in [0.05, 0.1) is 25.4 Å². The molecule has 7 atom stereocenters. The van der Waals surface area contributed by atoms with Crippen LogP contribution in [-0.2, 0) is 28.9 Å². The molecule has 1 aliphatic rings. The molecule has 1 rings (SSSR count). The van der Waals surface area contributed by atoms with Gasteiger partial charge in [-0.1, -0.05) is 307 Å². The molecule has 7 unspecified atom stereocenters. The molecule has 1 fully saturated rings. The Morgan fingerprint density at radius 1 is 0.500 bits per heavy atom. The van der Waals surface area contributed by atoms with Gasteiger partial charge in [0.15, 0.2) is 6.29 Å². The molecule has 6 N–H and O–H groups in total. The summed E-state index contributed by atoms with van der Waals surface area (Å²) < 4.78 is 48.0. The molecule has 12 nitrogen and oxygen atoms in total. The fourth-order valence-corrected chi connectivity index (χ4v) is 11.5. The lowest BCUT2D eigenvalue weighted by molar-refractivity contribution is -0.298. The van der Waals surface area contributed by atoms with Gasteiger partial charge in [0.25, 0.3) is 0 Å². The number of nitrogens with one attached hydrogen (secondary N) is 1. The first-order valence-corrected chi connectivity index (χ1v) is 35.2. The maximum absolute atomic E-state index is 13.2. The van der Waals surface area contributed by atoms with Crippen molar-refractivity contribution in [1.29, 1.82) is 0 Å². The van der Waals surface area contributed by atoms with Gasteiger partial charge in [-0.15, -0.1) is 0 Å². The molecule has 472 valence electrons. The zero-order chi connectivity index (χ0) is 58.3. The molecule has 0 aromatic rings. The molecular formula is C67H127NO11S. The summed E-state index contributed by atoms with van der Waals surface area (Å²) in [5.74, 6) is -0.258. The van der Waals surface area contributed by atoms with E-state index in [1.165, 1.54) is 257 Å². The van der Waals surface area contributed by atoms with Crippen LogP contribution in [0.15, 0.2) is 36.5 Å². The maximum Gasteiger partial charge on any atom is 0.397 e. The smallest absolute Gasteiger partial charge is 0.394 e. The highest BCUT2D eigenvalue weighted by Gasteiger charge is 2.48. The van der Waals surface area contributed by atoms with Crippen molar-refractivity contribution in [2.75, 3.05) is 13.2 Å². The minimum atomic E-state index is -5.09. The van der Waals surface area contributed by atoms with Crippen LogP contribution in [0.3, 0.4) is 0 Å². The van der Waals surface area contributed by atoms with Crippen molar-refractivity contribution in [3.63, 3.8) is 0 Å². The molecular weight excluding hydrogens is 1030 g/mol. The van der Waals surface area contributed by atoms with E-state index in [0.29, 0.717) is 6.42 Å². The number of carbonyl (C=O) groups is 1. The second-order valence-electron chi connectivity index (χ2n) is 23.8. The van der Waals surface area contributed by atoms with Crippen LogP contribution in [0.5, 0.6) is 0 Å². The quantitative estimate of drug-likeness (QED) is 0.0193. The summed E-state index contributed by atoms with van der Waals surface area (Å²) >= 11 is 0. The number of amides is 1. The molecule has 0 radical (unpaired) electrons. The SMILES string of the molecule is CCCCCCCCCCC/C=C\C/C=C\CCCCCCCCCCCCCCCC(=O)NC(COC1OC(CO)C(O)C(OS(=O)(=O)O)C1O)C(O)/C=C/CCCCCCCCCCCCCCCCCCCCCCCC. The Hall–Kier alpha value is -1.68. The van der Waals surface area contributed by atoms with Gasteiger partial charge >= 0.3 is 10.4 Å². The molecule has 0 aliphatic carbocycles. The first-order chi connectivity index (χ1) is 39.0. The standard InChI is InChI=1S/C67H127NO11S/c1-3-5-7-9-11-13-15-17-19-21-23-25-27-29-30-31-32-33-35-37-39-41-43-45-47-49-51-53-55-57-63(71)68-60(59-77-67-65(73)66(79-80(74,75)76)64(72)62(58-69)78-67)61(70)56-54-52-50-48-46-44-42-40-38-36-34-28-26-24-22-20-18-16-14-12-10-8-6-4-2/h23,25,29-30,54,56,60-62,64-67,69-70,72-73H,3-22,24,26-28,31-53,55,57-59H2,1-2H3,(H,68,71)(H,74,75,76)/b25-23-,30-29-,56-54+. The van der Waals surface area contributed by atoms with Gasteiger partial charge < -0.3 is 35.2 Å². The zero-order valence-electron chi connectivity index (χ0n) is 51.7. The average Bonchev–Trinajstić information content (AvgIpc) is 3.44. The van der Waals surface area contributed by atoms with Crippen LogP contribution in [-0.4, -0.2) is 95.4 Å². The van der Waals surface area contributed by atoms with Crippen molar-refractivity contribution in [1.82, 2.24) is 5.32 Å². The minimum absolute atomic E-state index is 0.258. The number of unbranched alkanes of at least 4 members (excludes halogenated alkanes) is 44. The summed E-state index contributed by atoms with van der Waals surface area (Å²) in [4.78, 5) is 13.2. The molecule has 0 aromatic carbocycles. The second-order valence-corrected chi connectivity index (χ2v) is 24.8. The summed E-state index contributed by atoms with van der Waals surface area (Å²) in [5.41, 5.74) is 0. The Kier molecular flexibility index (Phi) is 53.9. The van der Waals surface area contributed by atoms with Crippen LogP contribution in [0.4, 0.5) is 0 Å². The lowest BCUT2D eigenvalue weighted by atomic mass is 9.99. The van der Waals surface area contributed by atoms with Gasteiger partial charge in [-0.05, 0) is 51.4 Å². The number of hydrogen-bond acceptors (Lipinski definition) is 10. The second kappa shape index (κ2) is 56.5.